The smallest absolute Gasteiger partial charge is 0.224 e. The van der Waals surface area contributed by atoms with Crippen LogP contribution in [0.25, 0.3) is 5.70 Å². The Labute approximate surface area is 196 Å². The molecule has 3 rings (SSSR count). The number of nitrogens with one attached hydrogen (secondary N) is 1. The second-order valence-electron chi connectivity index (χ2n) is 7.33. The molecular formula is C23H27FN8O2. The van der Waals surface area contributed by atoms with Gasteiger partial charge in [-0.3, -0.25) is 9.79 Å². The monoisotopic (exact) mass is 466 g/mol. The fourth-order valence-electron chi connectivity index (χ4n) is 3.01. The number of benzene rings is 1. The fourth-order valence-corrected chi connectivity index (χ4v) is 3.01. The normalized spacial score (nSPS) is 12.1. The third-order valence-electron chi connectivity index (χ3n) is 4.82. The molecule has 0 aliphatic carbocycles. The van der Waals surface area contributed by atoms with Gasteiger partial charge in [0.25, 0.3) is 0 Å². The van der Waals surface area contributed by atoms with Crippen molar-refractivity contribution in [3.63, 3.8) is 0 Å². The molecule has 0 spiro atoms. The molecule has 34 heavy (non-hydrogen) atoms. The number of hydrogen-bond acceptors (Lipinski definition) is 9. The Bertz CT molecular complexity index is 1160. The molecule has 0 aliphatic rings. The first-order valence-corrected chi connectivity index (χ1v) is 10.7. The zero-order chi connectivity index (χ0) is 24.3. The van der Waals surface area contributed by atoms with E-state index in [0.29, 0.717) is 47.7 Å². The number of hydrogen-bond donors (Lipinski definition) is 4. The van der Waals surface area contributed by atoms with E-state index in [0.717, 1.165) is 6.42 Å². The van der Waals surface area contributed by atoms with Crippen molar-refractivity contribution in [3.8, 4) is 0 Å². The average Bonchev–Trinajstić information content (AvgIpc) is 3.38. The van der Waals surface area contributed by atoms with Gasteiger partial charge in [-0.1, -0.05) is 23.4 Å². The topological polar surface area (TPSA) is 171 Å². The summed E-state index contributed by atoms with van der Waals surface area (Å²) in [6.45, 7) is 0.673. The highest BCUT2D eigenvalue weighted by atomic mass is 19.1. The van der Waals surface area contributed by atoms with Gasteiger partial charge in [0.15, 0.2) is 5.82 Å². The standard InChI is InChI=1S/C23H27FN8O2/c24-16-6-2-1-5-15(16)13-28-19(18-8-10-34-32-18)11-17(27)23-29-14-21(20(12-26)31-23)30-22(33)7-3-4-9-25/h1-2,5-6,8,10-11,14H,3-4,7,9,12-13,25-27H2,(H,30,33). The number of amides is 1. The van der Waals surface area contributed by atoms with E-state index in [1.54, 1.807) is 24.3 Å². The van der Waals surface area contributed by atoms with Gasteiger partial charge < -0.3 is 27.0 Å². The Balaban J connectivity index is 1.83. The summed E-state index contributed by atoms with van der Waals surface area (Å²) in [4.78, 5) is 25.2. The van der Waals surface area contributed by atoms with Crippen LogP contribution in [0.3, 0.4) is 0 Å². The van der Waals surface area contributed by atoms with Crippen LogP contribution in [0, 0.1) is 5.82 Å². The van der Waals surface area contributed by atoms with Crippen molar-refractivity contribution in [2.75, 3.05) is 11.9 Å². The maximum atomic E-state index is 14.0. The van der Waals surface area contributed by atoms with Gasteiger partial charge in [-0.05, 0) is 31.5 Å². The van der Waals surface area contributed by atoms with Crippen molar-refractivity contribution in [1.29, 1.82) is 0 Å². The van der Waals surface area contributed by atoms with E-state index >= 15 is 0 Å². The molecule has 10 nitrogen and oxygen atoms in total. The molecular weight excluding hydrogens is 439 g/mol. The molecule has 0 saturated carbocycles. The maximum Gasteiger partial charge on any atom is 0.224 e. The SMILES string of the molecule is NCCCCC(=O)Nc1cnc(C(N)=CC(=NCc2ccccc2F)c2ccon2)nc1CN. The Morgan fingerprint density at radius 2 is 2.03 bits per heavy atom. The van der Waals surface area contributed by atoms with Gasteiger partial charge in [0.05, 0.1) is 35.5 Å². The number of carbonyl (C=O) groups excluding carboxylic acids is 1. The number of aromatic nitrogens is 3. The number of halogens is 1. The van der Waals surface area contributed by atoms with Crippen molar-refractivity contribution >= 4 is 23.0 Å². The largest absolute Gasteiger partial charge is 0.396 e. The molecule has 0 atom stereocenters. The minimum absolute atomic E-state index is 0.0682. The predicted octanol–water partition coefficient (Wildman–Crippen LogP) is 2.12. The van der Waals surface area contributed by atoms with E-state index in [9.17, 15) is 9.18 Å². The molecule has 0 unspecified atom stereocenters. The minimum atomic E-state index is -0.362. The van der Waals surface area contributed by atoms with Crippen LogP contribution in [0.2, 0.25) is 0 Å². The lowest BCUT2D eigenvalue weighted by Crippen LogP contribution is -2.17. The fraction of sp³-hybridized carbons (Fsp3) is 0.261. The van der Waals surface area contributed by atoms with Crippen LogP contribution in [0.15, 0.2) is 58.4 Å². The van der Waals surface area contributed by atoms with Gasteiger partial charge in [0.1, 0.15) is 17.8 Å². The van der Waals surface area contributed by atoms with Crippen molar-refractivity contribution in [2.24, 2.45) is 22.2 Å². The average molecular weight is 467 g/mol. The highest BCUT2D eigenvalue weighted by Crippen LogP contribution is 2.16. The second-order valence-corrected chi connectivity index (χ2v) is 7.33. The van der Waals surface area contributed by atoms with Gasteiger partial charge in [-0.15, -0.1) is 0 Å². The van der Waals surface area contributed by atoms with Gasteiger partial charge in [-0.25, -0.2) is 14.4 Å². The number of allylic oxidation sites excluding steroid dienone is 1. The molecule has 0 saturated heterocycles. The predicted molar refractivity (Wildman–Crippen MR) is 127 cm³/mol. The van der Waals surface area contributed by atoms with Gasteiger partial charge in [0, 0.05) is 24.6 Å². The lowest BCUT2D eigenvalue weighted by Gasteiger charge is -2.10. The first kappa shape index (κ1) is 24.7. The second kappa shape index (κ2) is 12.3. The van der Waals surface area contributed by atoms with Gasteiger partial charge in [0.2, 0.25) is 5.91 Å². The summed E-state index contributed by atoms with van der Waals surface area (Å²) in [7, 11) is 0. The molecule has 0 aliphatic heterocycles. The van der Waals surface area contributed by atoms with E-state index in [-0.39, 0.29) is 36.3 Å². The van der Waals surface area contributed by atoms with E-state index in [2.05, 4.69) is 25.4 Å². The third-order valence-corrected chi connectivity index (χ3v) is 4.82. The number of unbranched alkanes of at least 4 members (excludes halogenated alkanes) is 1. The van der Waals surface area contributed by atoms with Crippen LogP contribution in [-0.4, -0.2) is 33.3 Å². The third kappa shape index (κ3) is 6.77. The van der Waals surface area contributed by atoms with Crippen LogP contribution in [0.5, 0.6) is 0 Å². The zero-order valence-corrected chi connectivity index (χ0v) is 18.6. The summed E-state index contributed by atoms with van der Waals surface area (Å²) in [5.41, 5.74) is 19.8. The van der Waals surface area contributed by atoms with E-state index in [1.807, 2.05) is 0 Å². The molecule has 1 amide bonds. The summed E-state index contributed by atoms with van der Waals surface area (Å²) in [6.07, 6.45) is 6.17. The molecule has 178 valence electrons. The summed E-state index contributed by atoms with van der Waals surface area (Å²) < 4.78 is 18.9. The maximum absolute atomic E-state index is 14.0. The summed E-state index contributed by atoms with van der Waals surface area (Å²) in [5.74, 6) is -0.334. The number of nitrogens with zero attached hydrogens (tertiary/aromatic N) is 4. The Kier molecular flexibility index (Phi) is 8.95. The van der Waals surface area contributed by atoms with E-state index in [4.69, 9.17) is 21.7 Å². The van der Waals surface area contributed by atoms with Crippen molar-refractivity contribution in [2.45, 2.75) is 32.4 Å². The summed E-state index contributed by atoms with van der Waals surface area (Å²) >= 11 is 0. The van der Waals surface area contributed by atoms with Crippen LogP contribution >= 0.6 is 0 Å². The van der Waals surface area contributed by atoms with E-state index < -0.39 is 0 Å². The first-order chi connectivity index (χ1) is 16.5. The highest BCUT2D eigenvalue weighted by Gasteiger charge is 2.13. The van der Waals surface area contributed by atoms with Crippen molar-refractivity contribution in [1.82, 2.24) is 15.1 Å². The van der Waals surface area contributed by atoms with Crippen molar-refractivity contribution < 1.29 is 13.7 Å². The first-order valence-electron chi connectivity index (χ1n) is 10.7. The van der Waals surface area contributed by atoms with Crippen LogP contribution in [0.4, 0.5) is 10.1 Å². The molecule has 2 heterocycles. The lowest BCUT2D eigenvalue weighted by molar-refractivity contribution is -0.116. The quantitative estimate of drug-likeness (QED) is 0.246. The number of aliphatic imine (C=N–C) groups is 1. The molecule has 1 aromatic carbocycles. The Morgan fingerprint density at radius 3 is 2.74 bits per heavy atom. The van der Waals surface area contributed by atoms with Gasteiger partial charge >= 0.3 is 0 Å². The molecule has 0 bridgehead atoms. The number of carbonyl (C=O) groups is 1. The number of nitrogens with two attached hydrogens (primary N) is 3. The van der Waals surface area contributed by atoms with Crippen LogP contribution < -0.4 is 22.5 Å². The summed E-state index contributed by atoms with van der Waals surface area (Å²) in [5, 5.41) is 6.66. The minimum Gasteiger partial charge on any atom is -0.396 e. The molecule has 3 aromatic rings. The molecule has 2 aromatic heterocycles. The highest BCUT2D eigenvalue weighted by molar-refractivity contribution is 6.10. The summed E-state index contributed by atoms with van der Waals surface area (Å²) in [6, 6.07) is 7.96. The lowest BCUT2D eigenvalue weighted by atomic mass is 10.2. The Morgan fingerprint density at radius 1 is 1.21 bits per heavy atom. The van der Waals surface area contributed by atoms with E-state index in [1.165, 1.54) is 24.6 Å². The van der Waals surface area contributed by atoms with Crippen LogP contribution in [-0.2, 0) is 17.9 Å². The zero-order valence-electron chi connectivity index (χ0n) is 18.6. The van der Waals surface area contributed by atoms with Crippen molar-refractivity contribution in [3.05, 3.63) is 77.5 Å². The molecule has 0 fully saturated rings. The Hall–Kier alpha value is -3.96. The number of rotatable bonds is 11. The molecule has 7 N–H and O–H groups in total. The van der Waals surface area contributed by atoms with Crippen LogP contribution in [0.1, 0.15) is 42.0 Å². The molecule has 11 heteroatoms. The number of anilines is 1. The van der Waals surface area contributed by atoms with Gasteiger partial charge in [-0.2, -0.15) is 0 Å². The molecule has 0 radical (unpaired) electrons.